The van der Waals surface area contributed by atoms with Crippen LogP contribution in [0.25, 0.3) is 0 Å². The van der Waals surface area contributed by atoms with Gasteiger partial charge in [-0.05, 0) is 49.2 Å². The van der Waals surface area contributed by atoms with E-state index in [2.05, 4.69) is 22.5 Å². The molecule has 0 bridgehead atoms. The van der Waals surface area contributed by atoms with E-state index in [-0.39, 0.29) is 10.9 Å². The van der Waals surface area contributed by atoms with Gasteiger partial charge in [0.25, 0.3) is 5.91 Å². The number of anilines is 1. The zero-order chi connectivity index (χ0) is 21.5. The van der Waals surface area contributed by atoms with Crippen LogP contribution in [0.5, 0.6) is 5.88 Å². The first-order valence-corrected chi connectivity index (χ1v) is 10.4. The molecule has 1 unspecified atom stereocenters. The van der Waals surface area contributed by atoms with Crippen molar-refractivity contribution in [3.8, 4) is 5.88 Å². The Morgan fingerprint density at radius 2 is 2.20 bits per heavy atom. The maximum Gasteiger partial charge on any atom is 0.306 e. The van der Waals surface area contributed by atoms with Crippen LogP contribution in [0.15, 0.2) is 28.8 Å². The standard InChI is InChI=1S/C21H25N3O5S/c1-2-3-4-9-28-18-8-6-15(12-22-18)23-21(30)24-19(25)17-11-14-10-13(20(26)27)5-7-16(14)29-17/h6,8,11-13H,2-5,7,9-10H2,1H3,(H,26,27)(H2,23,24,25,30). The first kappa shape index (κ1) is 21.8. The highest BCUT2D eigenvalue weighted by Gasteiger charge is 2.28. The summed E-state index contributed by atoms with van der Waals surface area (Å²) in [7, 11) is 0. The van der Waals surface area contributed by atoms with Gasteiger partial charge in [0.15, 0.2) is 10.9 Å². The number of rotatable bonds is 8. The largest absolute Gasteiger partial charge is 0.481 e. The third-order valence-electron chi connectivity index (χ3n) is 4.87. The lowest BCUT2D eigenvalue weighted by Gasteiger charge is -2.16. The Morgan fingerprint density at radius 1 is 1.37 bits per heavy atom. The number of aromatic nitrogens is 1. The molecule has 0 aromatic carbocycles. The summed E-state index contributed by atoms with van der Waals surface area (Å²) < 4.78 is 11.2. The normalized spacial score (nSPS) is 15.2. The van der Waals surface area contributed by atoms with E-state index in [9.17, 15) is 14.7 Å². The van der Waals surface area contributed by atoms with Crippen molar-refractivity contribution in [1.29, 1.82) is 0 Å². The van der Waals surface area contributed by atoms with Crippen LogP contribution in [0.1, 0.15) is 54.5 Å². The van der Waals surface area contributed by atoms with Crippen molar-refractivity contribution < 1.29 is 23.8 Å². The molecule has 0 saturated heterocycles. The van der Waals surface area contributed by atoms with Gasteiger partial charge in [-0.25, -0.2) is 4.98 Å². The maximum absolute atomic E-state index is 12.4. The Hall–Kier alpha value is -2.94. The number of hydrogen-bond acceptors (Lipinski definition) is 6. The predicted molar refractivity (Wildman–Crippen MR) is 115 cm³/mol. The molecule has 3 rings (SSSR count). The molecule has 0 aliphatic heterocycles. The van der Waals surface area contributed by atoms with Crippen LogP contribution < -0.4 is 15.4 Å². The van der Waals surface area contributed by atoms with E-state index in [0.29, 0.717) is 43.2 Å². The summed E-state index contributed by atoms with van der Waals surface area (Å²) in [6, 6.07) is 5.09. The van der Waals surface area contributed by atoms with E-state index >= 15 is 0 Å². The fourth-order valence-electron chi connectivity index (χ4n) is 3.24. The number of nitrogens with one attached hydrogen (secondary N) is 2. The second-order valence-electron chi connectivity index (χ2n) is 7.19. The van der Waals surface area contributed by atoms with E-state index in [1.165, 1.54) is 0 Å². The average molecular weight is 432 g/mol. The van der Waals surface area contributed by atoms with Gasteiger partial charge in [-0.15, -0.1) is 0 Å². The van der Waals surface area contributed by atoms with Crippen LogP contribution in [-0.4, -0.2) is 33.7 Å². The lowest BCUT2D eigenvalue weighted by atomic mass is 9.88. The number of furan rings is 1. The second-order valence-corrected chi connectivity index (χ2v) is 7.59. The van der Waals surface area contributed by atoms with E-state index in [1.54, 1.807) is 24.4 Å². The molecule has 0 fully saturated rings. The third kappa shape index (κ3) is 5.79. The van der Waals surface area contributed by atoms with Crippen molar-refractivity contribution in [2.75, 3.05) is 11.9 Å². The van der Waals surface area contributed by atoms with Gasteiger partial charge in [0, 0.05) is 12.5 Å². The number of ether oxygens (including phenoxy) is 1. The van der Waals surface area contributed by atoms with E-state index in [4.69, 9.17) is 21.4 Å². The van der Waals surface area contributed by atoms with E-state index < -0.39 is 17.8 Å². The van der Waals surface area contributed by atoms with Crippen LogP contribution in [0, 0.1) is 5.92 Å². The van der Waals surface area contributed by atoms with Gasteiger partial charge in [-0.2, -0.15) is 0 Å². The summed E-state index contributed by atoms with van der Waals surface area (Å²) >= 11 is 5.18. The number of carboxylic acids is 1. The molecule has 160 valence electrons. The molecule has 2 heterocycles. The molecule has 0 radical (unpaired) electrons. The first-order chi connectivity index (χ1) is 14.5. The van der Waals surface area contributed by atoms with Crippen molar-refractivity contribution >= 4 is 34.9 Å². The molecule has 2 aromatic heterocycles. The topological polar surface area (TPSA) is 114 Å². The van der Waals surface area contributed by atoms with Crippen molar-refractivity contribution in [2.24, 2.45) is 5.92 Å². The van der Waals surface area contributed by atoms with E-state index in [1.807, 2.05) is 0 Å². The van der Waals surface area contributed by atoms with Crippen molar-refractivity contribution in [3.63, 3.8) is 0 Å². The number of carboxylic acid groups (broad SMARTS) is 1. The molecule has 1 aliphatic rings. The highest BCUT2D eigenvalue weighted by Crippen LogP contribution is 2.28. The van der Waals surface area contributed by atoms with Gasteiger partial charge in [0.1, 0.15) is 5.76 Å². The van der Waals surface area contributed by atoms with Crippen LogP contribution in [0.3, 0.4) is 0 Å². The Labute approximate surface area is 180 Å². The molecule has 1 amide bonds. The average Bonchev–Trinajstić information content (AvgIpc) is 3.16. The van der Waals surface area contributed by atoms with E-state index in [0.717, 1.165) is 24.8 Å². The van der Waals surface area contributed by atoms with Gasteiger partial charge < -0.3 is 19.6 Å². The van der Waals surface area contributed by atoms with Gasteiger partial charge in [0.05, 0.1) is 24.4 Å². The molecule has 0 spiro atoms. The zero-order valence-corrected chi connectivity index (χ0v) is 17.6. The fourth-order valence-corrected chi connectivity index (χ4v) is 3.45. The summed E-state index contributed by atoms with van der Waals surface area (Å²) in [6.45, 7) is 2.76. The zero-order valence-electron chi connectivity index (χ0n) is 16.8. The molecule has 2 aromatic rings. The summed E-state index contributed by atoms with van der Waals surface area (Å²) in [5.41, 5.74) is 1.38. The van der Waals surface area contributed by atoms with Crippen LogP contribution >= 0.6 is 12.2 Å². The molecule has 9 heteroatoms. The highest BCUT2D eigenvalue weighted by atomic mass is 32.1. The summed E-state index contributed by atoms with van der Waals surface area (Å²) in [5, 5.41) is 14.7. The van der Waals surface area contributed by atoms with Gasteiger partial charge in [-0.1, -0.05) is 19.8 Å². The molecule has 0 saturated carbocycles. The Balaban J connectivity index is 1.50. The van der Waals surface area contributed by atoms with Gasteiger partial charge >= 0.3 is 5.97 Å². The number of hydrogen-bond donors (Lipinski definition) is 3. The van der Waals surface area contributed by atoms with Crippen LogP contribution in [0.2, 0.25) is 0 Å². The predicted octanol–water partition coefficient (Wildman–Crippen LogP) is 3.56. The number of unbranched alkanes of at least 4 members (excludes halogenated alkanes) is 2. The van der Waals surface area contributed by atoms with Crippen molar-refractivity contribution in [1.82, 2.24) is 10.3 Å². The minimum absolute atomic E-state index is 0.108. The molecular formula is C21H25N3O5S. The number of fused-ring (bicyclic) bond motifs is 1. The molecular weight excluding hydrogens is 406 g/mol. The number of aryl methyl sites for hydroxylation is 1. The third-order valence-corrected chi connectivity index (χ3v) is 5.08. The first-order valence-electron chi connectivity index (χ1n) is 10.0. The van der Waals surface area contributed by atoms with Crippen LogP contribution in [-0.2, 0) is 17.6 Å². The lowest BCUT2D eigenvalue weighted by Crippen LogP contribution is -2.33. The maximum atomic E-state index is 12.4. The van der Waals surface area contributed by atoms with Crippen molar-refractivity contribution in [3.05, 3.63) is 41.5 Å². The van der Waals surface area contributed by atoms with Crippen LogP contribution in [0.4, 0.5) is 5.69 Å². The summed E-state index contributed by atoms with van der Waals surface area (Å²) in [5.74, 6) is -0.450. The lowest BCUT2D eigenvalue weighted by molar-refractivity contribution is -0.142. The Morgan fingerprint density at radius 3 is 2.90 bits per heavy atom. The smallest absolute Gasteiger partial charge is 0.306 e. The number of carbonyl (C=O) groups excluding carboxylic acids is 1. The second kappa shape index (κ2) is 10.2. The molecule has 8 nitrogen and oxygen atoms in total. The quantitative estimate of drug-likeness (QED) is 0.429. The minimum atomic E-state index is -0.829. The SMILES string of the molecule is CCCCCOc1ccc(NC(=S)NC(=O)c2cc3c(o2)CCC(C(=O)O)C3)cn1. The molecule has 1 atom stereocenters. The minimum Gasteiger partial charge on any atom is -0.481 e. The number of amides is 1. The monoisotopic (exact) mass is 431 g/mol. The van der Waals surface area contributed by atoms with Gasteiger partial charge in [-0.3, -0.25) is 14.9 Å². The molecule has 3 N–H and O–H groups in total. The highest BCUT2D eigenvalue weighted by molar-refractivity contribution is 7.80. The molecule has 1 aliphatic carbocycles. The Kier molecular flexibility index (Phi) is 7.40. The molecule has 30 heavy (non-hydrogen) atoms. The number of aliphatic carboxylic acids is 1. The number of thiocarbonyl (C=S) groups is 1. The van der Waals surface area contributed by atoms with Crippen molar-refractivity contribution in [2.45, 2.75) is 45.4 Å². The summed E-state index contributed by atoms with van der Waals surface area (Å²) in [4.78, 5) is 27.8. The number of nitrogens with zero attached hydrogens (tertiary/aromatic N) is 1. The fraction of sp³-hybridized carbons (Fsp3) is 0.429. The Bertz CT molecular complexity index is 910. The van der Waals surface area contributed by atoms with Gasteiger partial charge in [0.2, 0.25) is 5.88 Å². The number of pyridine rings is 1. The number of carbonyl (C=O) groups is 2. The summed E-state index contributed by atoms with van der Waals surface area (Å²) in [6.07, 6.45) is 6.18.